The number of nitrogens with one attached hydrogen (secondary N) is 1. The fourth-order valence-corrected chi connectivity index (χ4v) is 4.19. The molecule has 1 aliphatic carbocycles. The van der Waals surface area contributed by atoms with Crippen LogP contribution in [-0.4, -0.2) is 17.5 Å². The van der Waals surface area contributed by atoms with Crippen LogP contribution in [0.5, 0.6) is 0 Å². The van der Waals surface area contributed by atoms with Gasteiger partial charge in [-0.3, -0.25) is 4.99 Å². The SMILES string of the molecule is N#Cc1ccc(Cl)c(NC2=NCC3(CCCC3)CS2)c1. The fourth-order valence-electron chi connectivity index (χ4n) is 2.86. The molecular weight excluding hydrogens is 290 g/mol. The Kier molecular flexibility index (Phi) is 3.91. The number of rotatable bonds is 1. The Bertz CT molecular complexity index is 585. The smallest absolute Gasteiger partial charge is 0.161 e. The third-order valence-electron chi connectivity index (χ3n) is 4.07. The molecule has 1 fully saturated rings. The van der Waals surface area contributed by atoms with Gasteiger partial charge < -0.3 is 5.32 Å². The minimum atomic E-state index is 0.439. The Balaban J connectivity index is 1.73. The van der Waals surface area contributed by atoms with E-state index in [1.54, 1.807) is 30.0 Å². The predicted molar refractivity (Wildman–Crippen MR) is 85.5 cm³/mol. The standard InChI is InChI=1S/C15H16ClN3S/c16-12-4-3-11(8-17)7-13(12)19-14-18-9-15(10-20-14)5-1-2-6-15/h3-4,7H,1-2,5-6,9-10H2,(H,18,19). The number of halogens is 1. The Hall–Kier alpha value is -1.18. The number of anilines is 1. The van der Waals surface area contributed by atoms with Crippen molar-refractivity contribution < 1.29 is 0 Å². The molecule has 1 saturated carbocycles. The fraction of sp³-hybridized carbons (Fsp3) is 0.467. The summed E-state index contributed by atoms with van der Waals surface area (Å²) in [6.45, 7) is 0.915. The second-order valence-electron chi connectivity index (χ2n) is 5.55. The van der Waals surface area contributed by atoms with Gasteiger partial charge in [0.2, 0.25) is 0 Å². The highest BCUT2D eigenvalue weighted by atomic mass is 35.5. The summed E-state index contributed by atoms with van der Waals surface area (Å²) in [5.74, 6) is 1.13. The van der Waals surface area contributed by atoms with E-state index in [4.69, 9.17) is 16.9 Å². The Morgan fingerprint density at radius 2 is 2.15 bits per heavy atom. The highest BCUT2D eigenvalue weighted by Gasteiger charge is 2.36. The van der Waals surface area contributed by atoms with Crippen molar-refractivity contribution in [2.75, 3.05) is 17.6 Å². The number of thioether (sulfide) groups is 1. The minimum Gasteiger partial charge on any atom is -0.334 e. The minimum absolute atomic E-state index is 0.439. The van der Waals surface area contributed by atoms with Crippen LogP contribution in [0.25, 0.3) is 0 Å². The van der Waals surface area contributed by atoms with E-state index in [2.05, 4.69) is 16.4 Å². The van der Waals surface area contributed by atoms with Gasteiger partial charge in [0, 0.05) is 12.3 Å². The van der Waals surface area contributed by atoms with Crippen molar-refractivity contribution in [1.29, 1.82) is 5.26 Å². The monoisotopic (exact) mass is 305 g/mol. The molecule has 5 heteroatoms. The van der Waals surface area contributed by atoms with E-state index in [1.807, 2.05) is 0 Å². The van der Waals surface area contributed by atoms with Crippen LogP contribution in [0, 0.1) is 16.7 Å². The van der Waals surface area contributed by atoms with E-state index in [1.165, 1.54) is 25.7 Å². The topological polar surface area (TPSA) is 48.2 Å². The number of aliphatic imine (C=N–C) groups is 1. The molecule has 1 aliphatic heterocycles. The van der Waals surface area contributed by atoms with E-state index in [9.17, 15) is 0 Å². The highest BCUT2D eigenvalue weighted by molar-refractivity contribution is 8.14. The van der Waals surface area contributed by atoms with Crippen LogP contribution in [0.4, 0.5) is 5.69 Å². The number of benzene rings is 1. The molecule has 1 aromatic rings. The lowest BCUT2D eigenvalue weighted by atomic mass is 9.89. The Morgan fingerprint density at radius 3 is 2.80 bits per heavy atom. The summed E-state index contributed by atoms with van der Waals surface area (Å²) >= 11 is 7.93. The molecule has 0 saturated heterocycles. The first-order valence-corrected chi connectivity index (χ1v) is 8.21. The van der Waals surface area contributed by atoms with Gasteiger partial charge in [-0.1, -0.05) is 36.2 Å². The number of nitrogens with zero attached hydrogens (tertiary/aromatic N) is 2. The van der Waals surface area contributed by atoms with Crippen LogP contribution in [0.2, 0.25) is 5.02 Å². The summed E-state index contributed by atoms with van der Waals surface area (Å²) in [7, 11) is 0. The van der Waals surface area contributed by atoms with Crippen molar-refractivity contribution in [3.63, 3.8) is 0 Å². The zero-order valence-electron chi connectivity index (χ0n) is 11.2. The van der Waals surface area contributed by atoms with Gasteiger partial charge in [-0.2, -0.15) is 5.26 Å². The molecule has 0 radical (unpaired) electrons. The molecule has 0 unspecified atom stereocenters. The first kappa shape index (κ1) is 13.8. The normalized spacial score (nSPS) is 20.5. The highest BCUT2D eigenvalue weighted by Crippen LogP contribution is 2.43. The van der Waals surface area contributed by atoms with Crippen LogP contribution >= 0.6 is 23.4 Å². The van der Waals surface area contributed by atoms with Crippen LogP contribution in [-0.2, 0) is 0 Å². The van der Waals surface area contributed by atoms with Gasteiger partial charge in [0.15, 0.2) is 5.17 Å². The maximum absolute atomic E-state index is 8.94. The molecule has 1 heterocycles. The second kappa shape index (κ2) is 5.67. The third kappa shape index (κ3) is 2.79. The Morgan fingerprint density at radius 1 is 1.35 bits per heavy atom. The van der Waals surface area contributed by atoms with E-state index < -0.39 is 0 Å². The zero-order valence-corrected chi connectivity index (χ0v) is 12.7. The average molecular weight is 306 g/mol. The predicted octanol–water partition coefficient (Wildman–Crippen LogP) is 4.29. The van der Waals surface area contributed by atoms with E-state index >= 15 is 0 Å². The van der Waals surface area contributed by atoms with Crippen molar-refractivity contribution in [2.24, 2.45) is 10.4 Å². The van der Waals surface area contributed by atoms with Crippen LogP contribution in [0.3, 0.4) is 0 Å². The molecular formula is C15H16ClN3S. The molecule has 0 atom stereocenters. The average Bonchev–Trinajstić information content (AvgIpc) is 2.92. The molecule has 1 aromatic carbocycles. The summed E-state index contributed by atoms with van der Waals surface area (Å²) in [5.41, 5.74) is 1.80. The maximum Gasteiger partial charge on any atom is 0.161 e. The molecule has 0 amide bonds. The van der Waals surface area contributed by atoms with Crippen molar-refractivity contribution in [1.82, 2.24) is 0 Å². The summed E-state index contributed by atoms with van der Waals surface area (Å²) < 4.78 is 0. The maximum atomic E-state index is 8.94. The zero-order chi connectivity index (χ0) is 14.0. The van der Waals surface area contributed by atoms with Crippen LogP contribution in [0.15, 0.2) is 23.2 Å². The molecule has 0 bridgehead atoms. The number of nitriles is 1. The van der Waals surface area contributed by atoms with Crippen molar-refractivity contribution in [2.45, 2.75) is 25.7 Å². The molecule has 20 heavy (non-hydrogen) atoms. The van der Waals surface area contributed by atoms with Crippen LogP contribution in [0.1, 0.15) is 31.2 Å². The van der Waals surface area contributed by atoms with Gasteiger partial charge in [0.05, 0.1) is 22.3 Å². The van der Waals surface area contributed by atoms with E-state index in [-0.39, 0.29) is 0 Å². The van der Waals surface area contributed by atoms with Gasteiger partial charge in [0.25, 0.3) is 0 Å². The molecule has 2 aliphatic rings. The van der Waals surface area contributed by atoms with Gasteiger partial charge in [-0.15, -0.1) is 0 Å². The van der Waals surface area contributed by atoms with Crippen molar-refractivity contribution in [3.8, 4) is 6.07 Å². The molecule has 104 valence electrons. The number of amidine groups is 1. The van der Waals surface area contributed by atoms with Gasteiger partial charge in [-0.05, 0) is 36.5 Å². The lowest BCUT2D eigenvalue weighted by molar-refractivity contribution is 0.359. The first-order chi connectivity index (χ1) is 9.71. The van der Waals surface area contributed by atoms with E-state index in [0.29, 0.717) is 16.0 Å². The van der Waals surface area contributed by atoms with Crippen LogP contribution < -0.4 is 5.32 Å². The van der Waals surface area contributed by atoms with Crippen molar-refractivity contribution >= 4 is 34.2 Å². The first-order valence-electron chi connectivity index (χ1n) is 6.85. The second-order valence-corrected chi connectivity index (χ2v) is 6.92. The number of hydrogen-bond acceptors (Lipinski definition) is 4. The quantitative estimate of drug-likeness (QED) is 0.842. The summed E-state index contributed by atoms with van der Waals surface area (Å²) in [6, 6.07) is 7.36. The molecule has 0 aromatic heterocycles. The lowest BCUT2D eigenvalue weighted by Gasteiger charge is -2.31. The summed E-state index contributed by atoms with van der Waals surface area (Å²) in [6.07, 6.45) is 5.30. The molecule has 3 rings (SSSR count). The molecule has 1 spiro atoms. The largest absolute Gasteiger partial charge is 0.334 e. The number of hydrogen-bond donors (Lipinski definition) is 1. The van der Waals surface area contributed by atoms with Crippen molar-refractivity contribution in [3.05, 3.63) is 28.8 Å². The lowest BCUT2D eigenvalue weighted by Crippen LogP contribution is -2.30. The summed E-state index contributed by atoms with van der Waals surface area (Å²) in [4.78, 5) is 4.68. The molecule has 3 nitrogen and oxygen atoms in total. The summed E-state index contributed by atoms with van der Waals surface area (Å²) in [5, 5.41) is 13.7. The molecule has 1 N–H and O–H groups in total. The van der Waals surface area contributed by atoms with Gasteiger partial charge in [0.1, 0.15) is 0 Å². The third-order valence-corrected chi connectivity index (χ3v) is 5.67. The Labute approximate surface area is 128 Å². The van der Waals surface area contributed by atoms with Gasteiger partial charge >= 0.3 is 0 Å². The van der Waals surface area contributed by atoms with E-state index in [0.717, 1.165) is 23.2 Å². The van der Waals surface area contributed by atoms with Gasteiger partial charge in [-0.25, -0.2) is 0 Å².